The van der Waals surface area contributed by atoms with Gasteiger partial charge in [0.15, 0.2) is 0 Å². The number of unbranched alkanes of at least 4 members (excludes halogenated alkanes) is 7. The van der Waals surface area contributed by atoms with Crippen LogP contribution in [0.25, 0.3) is 0 Å². The number of aliphatic carboxylic acids is 1. The third kappa shape index (κ3) is 17.8. The molecule has 0 heterocycles. The molecule has 0 fully saturated rings. The highest BCUT2D eigenvalue weighted by Gasteiger charge is 2.15. The molecular weight excluding hydrogens is 353 g/mol. The fraction of sp³-hybridized carbons (Fsp3) is 0.875. The maximum absolute atomic E-state index is 12.1. The minimum Gasteiger partial charge on any atom is -0.480 e. The predicted octanol–water partition coefficient (Wildman–Crippen LogP) is 2.56. The van der Waals surface area contributed by atoms with E-state index in [4.69, 9.17) is 16.6 Å². The van der Waals surface area contributed by atoms with Crippen LogP contribution in [0.2, 0.25) is 0 Å². The number of carbonyl (C=O) groups excluding carboxylic acids is 1. The Morgan fingerprint density at radius 1 is 0.750 bits per heavy atom. The van der Waals surface area contributed by atoms with Crippen LogP contribution < -0.4 is 11.5 Å². The Balaban J connectivity index is -0.00000220. The zero-order valence-electron chi connectivity index (χ0n) is 14.6. The van der Waals surface area contributed by atoms with Crippen LogP contribution in [-0.2, 0) is 9.59 Å². The number of carboxylic acids is 1. The number of hydrogen-bond donors (Lipinski definition) is 3. The van der Waals surface area contributed by atoms with Crippen molar-refractivity contribution in [1.29, 1.82) is 0 Å². The van der Waals surface area contributed by atoms with Crippen LogP contribution in [0.15, 0.2) is 0 Å². The maximum Gasteiger partial charge on any atom is 0.323 e. The minimum atomic E-state index is -0.946. The largest absolute Gasteiger partial charge is 0.480 e. The van der Waals surface area contributed by atoms with Crippen molar-refractivity contribution in [2.24, 2.45) is 11.5 Å². The molecule has 0 saturated heterocycles. The van der Waals surface area contributed by atoms with Gasteiger partial charge in [-0.25, -0.2) is 0 Å². The topological polar surface area (TPSA) is 110 Å². The van der Waals surface area contributed by atoms with Crippen LogP contribution in [0, 0.1) is 0 Å². The highest BCUT2D eigenvalue weighted by atomic mass is 35.5. The second-order valence-electron chi connectivity index (χ2n) is 5.72. The summed E-state index contributed by atoms with van der Waals surface area (Å²) in [5, 5.41) is 8.92. The lowest BCUT2D eigenvalue weighted by molar-refractivity contribution is -0.144. The van der Waals surface area contributed by atoms with Gasteiger partial charge in [-0.1, -0.05) is 32.1 Å². The molecule has 0 aliphatic heterocycles. The van der Waals surface area contributed by atoms with E-state index in [2.05, 4.69) is 0 Å². The summed E-state index contributed by atoms with van der Waals surface area (Å²) in [6.07, 6.45) is 9.41. The lowest BCUT2D eigenvalue weighted by Crippen LogP contribution is -2.36. The van der Waals surface area contributed by atoms with Crippen LogP contribution in [0.5, 0.6) is 0 Å². The van der Waals surface area contributed by atoms with Crippen molar-refractivity contribution in [3.63, 3.8) is 0 Å². The third-order valence-electron chi connectivity index (χ3n) is 3.66. The van der Waals surface area contributed by atoms with Crippen LogP contribution in [0.4, 0.5) is 0 Å². The molecular formula is C16H35Cl2N3O3. The number of nitrogens with zero attached hydrogens (tertiary/aromatic N) is 1. The van der Waals surface area contributed by atoms with E-state index in [0.717, 1.165) is 64.3 Å². The van der Waals surface area contributed by atoms with E-state index in [1.807, 2.05) is 0 Å². The molecule has 0 rings (SSSR count). The number of rotatable bonds is 15. The zero-order valence-corrected chi connectivity index (χ0v) is 16.2. The van der Waals surface area contributed by atoms with Gasteiger partial charge in [-0.05, 0) is 38.8 Å². The van der Waals surface area contributed by atoms with Gasteiger partial charge < -0.3 is 21.5 Å². The van der Waals surface area contributed by atoms with Gasteiger partial charge in [0.05, 0.1) is 0 Å². The van der Waals surface area contributed by atoms with Crippen molar-refractivity contribution in [3.05, 3.63) is 0 Å². The molecule has 0 aromatic rings. The van der Waals surface area contributed by atoms with Crippen LogP contribution in [0.1, 0.15) is 64.2 Å². The zero-order chi connectivity index (χ0) is 16.6. The fourth-order valence-corrected chi connectivity index (χ4v) is 2.36. The van der Waals surface area contributed by atoms with Crippen molar-refractivity contribution in [2.45, 2.75) is 64.2 Å². The molecule has 5 N–H and O–H groups in total. The van der Waals surface area contributed by atoms with Gasteiger partial charge >= 0.3 is 5.97 Å². The number of hydrogen-bond acceptors (Lipinski definition) is 4. The fourth-order valence-electron chi connectivity index (χ4n) is 2.36. The van der Waals surface area contributed by atoms with Crippen molar-refractivity contribution < 1.29 is 14.7 Å². The molecule has 0 saturated carbocycles. The average Bonchev–Trinajstić information content (AvgIpc) is 2.49. The normalized spacial score (nSPS) is 9.75. The number of amides is 1. The maximum atomic E-state index is 12.1. The van der Waals surface area contributed by atoms with Crippen LogP contribution in [-0.4, -0.2) is 48.1 Å². The minimum absolute atomic E-state index is 0. The molecule has 146 valence electrons. The molecule has 0 radical (unpaired) electrons. The first-order valence-corrected chi connectivity index (χ1v) is 8.51. The molecule has 1 amide bonds. The number of nitrogens with two attached hydrogens (primary N) is 2. The van der Waals surface area contributed by atoms with E-state index in [1.54, 1.807) is 0 Å². The first kappa shape index (κ1) is 28.3. The molecule has 0 spiro atoms. The van der Waals surface area contributed by atoms with Crippen molar-refractivity contribution in [1.82, 2.24) is 4.90 Å². The van der Waals surface area contributed by atoms with Crippen LogP contribution >= 0.6 is 24.8 Å². The van der Waals surface area contributed by atoms with E-state index >= 15 is 0 Å². The van der Waals surface area contributed by atoms with Crippen molar-refractivity contribution in [3.8, 4) is 0 Å². The molecule has 0 bridgehead atoms. The molecule has 0 aromatic carbocycles. The summed E-state index contributed by atoms with van der Waals surface area (Å²) < 4.78 is 0. The molecule has 24 heavy (non-hydrogen) atoms. The van der Waals surface area contributed by atoms with Gasteiger partial charge in [-0.15, -0.1) is 24.8 Å². The molecule has 0 unspecified atom stereocenters. The number of halogens is 2. The average molecular weight is 388 g/mol. The van der Waals surface area contributed by atoms with Crippen LogP contribution in [0.3, 0.4) is 0 Å². The quantitative estimate of drug-likeness (QED) is 0.374. The summed E-state index contributed by atoms with van der Waals surface area (Å²) in [6, 6.07) is 0. The van der Waals surface area contributed by atoms with Crippen molar-refractivity contribution in [2.75, 3.05) is 26.2 Å². The molecule has 0 atom stereocenters. The molecule has 6 nitrogen and oxygen atoms in total. The predicted molar refractivity (Wildman–Crippen MR) is 103 cm³/mol. The van der Waals surface area contributed by atoms with Gasteiger partial charge in [0.2, 0.25) is 5.91 Å². The standard InChI is InChI=1S/C16H33N3O3.2ClH/c17-11-7-3-1-2-4-9-13-19(14-16(21)22)15(20)10-6-5-8-12-18;;/h1-14,17-18H2,(H,21,22);2*1H. The lowest BCUT2D eigenvalue weighted by atomic mass is 10.1. The number of carboxylic acid groups (broad SMARTS) is 1. The SMILES string of the molecule is Cl.Cl.NCCCCCCCCN(CC(=O)O)C(=O)CCCCCN. The molecule has 0 aromatic heterocycles. The first-order chi connectivity index (χ1) is 10.6. The van der Waals surface area contributed by atoms with E-state index in [9.17, 15) is 9.59 Å². The summed E-state index contributed by atoms with van der Waals surface area (Å²) in [5.74, 6) is -0.999. The van der Waals surface area contributed by atoms with E-state index < -0.39 is 5.97 Å². The van der Waals surface area contributed by atoms with Gasteiger partial charge in [0.1, 0.15) is 6.54 Å². The molecule has 0 aliphatic rings. The van der Waals surface area contributed by atoms with E-state index in [1.165, 1.54) is 4.90 Å². The van der Waals surface area contributed by atoms with Crippen molar-refractivity contribution >= 4 is 36.7 Å². The Morgan fingerprint density at radius 2 is 1.21 bits per heavy atom. The van der Waals surface area contributed by atoms with Gasteiger partial charge in [0, 0.05) is 13.0 Å². The summed E-state index contributed by atoms with van der Waals surface area (Å²) in [6.45, 7) is 1.73. The number of carbonyl (C=O) groups is 2. The monoisotopic (exact) mass is 387 g/mol. The summed E-state index contributed by atoms with van der Waals surface area (Å²) in [5.41, 5.74) is 10.9. The highest BCUT2D eigenvalue weighted by molar-refractivity contribution is 5.85. The third-order valence-corrected chi connectivity index (χ3v) is 3.66. The van der Waals surface area contributed by atoms with Gasteiger partial charge in [-0.2, -0.15) is 0 Å². The Morgan fingerprint density at radius 3 is 1.71 bits per heavy atom. The van der Waals surface area contributed by atoms with Gasteiger partial charge in [0.25, 0.3) is 0 Å². The Kier molecular flexibility index (Phi) is 24.1. The second-order valence-corrected chi connectivity index (χ2v) is 5.72. The molecule has 0 aliphatic carbocycles. The Labute approximate surface area is 158 Å². The summed E-state index contributed by atoms with van der Waals surface area (Å²) in [4.78, 5) is 24.4. The second kappa shape index (κ2) is 20.5. The molecule has 8 heteroatoms. The highest BCUT2D eigenvalue weighted by Crippen LogP contribution is 2.08. The summed E-state index contributed by atoms with van der Waals surface area (Å²) in [7, 11) is 0. The first-order valence-electron chi connectivity index (χ1n) is 8.51. The smallest absolute Gasteiger partial charge is 0.323 e. The summed E-state index contributed by atoms with van der Waals surface area (Å²) >= 11 is 0. The van der Waals surface area contributed by atoms with E-state index in [-0.39, 0.29) is 37.3 Å². The lowest BCUT2D eigenvalue weighted by Gasteiger charge is -2.20. The Hall–Kier alpha value is -0.560. The van der Waals surface area contributed by atoms with E-state index in [0.29, 0.717) is 19.5 Å². The van der Waals surface area contributed by atoms with Gasteiger partial charge in [-0.3, -0.25) is 9.59 Å². The Bertz CT molecular complexity index is 308.